The molecule has 39 heavy (non-hydrogen) atoms. The minimum absolute atomic E-state index is 0.207. The zero-order chi connectivity index (χ0) is 29.2. The molecule has 6 nitrogen and oxygen atoms in total. The fourth-order valence-electron chi connectivity index (χ4n) is 4.94. The number of hydrogen-bond acceptors (Lipinski definition) is 4. The molecule has 0 heterocycles. The van der Waals surface area contributed by atoms with E-state index >= 15 is 0 Å². The number of carbonyl (C=O) groups excluding carboxylic acids is 1. The number of rotatable bonds is 22. The third-order valence-electron chi connectivity index (χ3n) is 7.23. The second-order valence-corrected chi connectivity index (χ2v) is 13.3. The first-order valence-corrected chi connectivity index (χ1v) is 17.0. The summed E-state index contributed by atoms with van der Waals surface area (Å²) in [6.45, 7) is 10.4. The van der Waals surface area contributed by atoms with Gasteiger partial charge in [0, 0.05) is 12.0 Å². The Morgan fingerprint density at radius 3 is 1.69 bits per heavy atom. The van der Waals surface area contributed by atoms with Crippen molar-refractivity contribution in [1.82, 2.24) is 0 Å². The molecule has 226 valence electrons. The van der Waals surface area contributed by atoms with Crippen LogP contribution in [0.3, 0.4) is 0 Å². The highest BCUT2D eigenvalue weighted by Crippen LogP contribution is 2.44. The summed E-state index contributed by atoms with van der Waals surface area (Å²) in [4.78, 5) is 30.9. The van der Waals surface area contributed by atoms with Crippen molar-refractivity contribution in [3.05, 3.63) is 28.8 Å². The van der Waals surface area contributed by atoms with Gasteiger partial charge in [-0.05, 0) is 36.3 Å². The summed E-state index contributed by atoms with van der Waals surface area (Å²) in [5, 5.41) is 0. The van der Waals surface area contributed by atoms with Crippen LogP contribution in [0.4, 0.5) is 0 Å². The molecule has 0 atom stereocenters. The maximum absolute atomic E-state index is 12.2. The predicted octanol–water partition coefficient (Wildman–Crippen LogP) is 9.50. The Hall–Kier alpha value is -1.36. The summed E-state index contributed by atoms with van der Waals surface area (Å²) in [5.41, 5.74) is 1.90. The smallest absolute Gasteiger partial charge is 0.466 e. The van der Waals surface area contributed by atoms with Crippen LogP contribution in [0.1, 0.15) is 154 Å². The minimum Gasteiger partial charge on any atom is -0.466 e. The Morgan fingerprint density at radius 2 is 1.26 bits per heavy atom. The van der Waals surface area contributed by atoms with Gasteiger partial charge in [0.05, 0.1) is 6.61 Å². The fourth-order valence-corrected chi connectivity index (χ4v) is 5.43. The highest BCUT2D eigenvalue weighted by atomic mass is 31.2. The van der Waals surface area contributed by atoms with Gasteiger partial charge in [-0.1, -0.05) is 136 Å². The molecule has 0 saturated heterocycles. The van der Waals surface area contributed by atoms with E-state index in [9.17, 15) is 19.1 Å². The number of carbonyl (C=O) groups is 1. The zero-order valence-electron chi connectivity index (χ0n) is 25.6. The Kier molecular flexibility index (Phi) is 18.0. The SMILES string of the molecule is CCCCCCCCCCCCCCCCCCOC(=O)CCc1cc(C)c(OP(=O)(O)O)c(C(C)(C)C)c1. The molecule has 0 radical (unpaired) electrons. The van der Waals surface area contributed by atoms with Gasteiger partial charge in [0.15, 0.2) is 0 Å². The van der Waals surface area contributed by atoms with Crippen LogP contribution in [0.2, 0.25) is 0 Å². The van der Waals surface area contributed by atoms with E-state index in [-0.39, 0.29) is 23.6 Å². The van der Waals surface area contributed by atoms with Crippen molar-refractivity contribution in [1.29, 1.82) is 0 Å². The maximum Gasteiger partial charge on any atom is 0.524 e. The van der Waals surface area contributed by atoms with Crippen molar-refractivity contribution in [2.45, 2.75) is 156 Å². The van der Waals surface area contributed by atoms with Gasteiger partial charge in [-0.3, -0.25) is 14.6 Å². The summed E-state index contributed by atoms with van der Waals surface area (Å²) in [6, 6.07) is 3.70. The largest absolute Gasteiger partial charge is 0.524 e. The molecule has 0 aromatic heterocycles. The lowest BCUT2D eigenvalue weighted by atomic mass is 9.83. The maximum atomic E-state index is 12.2. The van der Waals surface area contributed by atoms with E-state index in [1.54, 1.807) is 6.92 Å². The summed E-state index contributed by atoms with van der Waals surface area (Å²) >= 11 is 0. The van der Waals surface area contributed by atoms with Gasteiger partial charge in [-0.2, -0.15) is 0 Å². The van der Waals surface area contributed by atoms with Crippen molar-refractivity contribution in [3.8, 4) is 5.75 Å². The topological polar surface area (TPSA) is 93.1 Å². The molecular formula is C32H57O6P. The molecule has 0 fully saturated rings. The van der Waals surface area contributed by atoms with E-state index in [1.807, 2.05) is 32.9 Å². The average molecular weight is 569 g/mol. The van der Waals surface area contributed by atoms with Crippen molar-refractivity contribution in [2.75, 3.05) is 6.61 Å². The number of hydrogen-bond donors (Lipinski definition) is 2. The number of phosphoric ester groups is 1. The highest BCUT2D eigenvalue weighted by molar-refractivity contribution is 7.46. The first-order valence-electron chi connectivity index (χ1n) is 15.5. The highest BCUT2D eigenvalue weighted by Gasteiger charge is 2.26. The van der Waals surface area contributed by atoms with E-state index < -0.39 is 7.82 Å². The van der Waals surface area contributed by atoms with E-state index in [2.05, 4.69) is 6.92 Å². The number of esters is 1. The molecule has 2 N–H and O–H groups in total. The van der Waals surface area contributed by atoms with E-state index in [0.29, 0.717) is 24.2 Å². The fraction of sp³-hybridized carbons (Fsp3) is 0.781. The lowest BCUT2D eigenvalue weighted by Gasteiger charge is -2.25. The van der Waals surface area contributed by atoms with Gasteiger partial charge >= 0.3 is 13.8 Å². The molecule has 0 amide bonds. The van der Waals surface area contributed by atoms with Crippen molar-refractivity contribution in [3.63, 3.8) is 0 Å². The monoisotopic (exact) mass is 568 g/mol. The van der Waals surface area contributed by atoms with E-state index in [0.717, 1.165) is 18.4 Å². The molecule has 1 rings (SSSR count). The molecule has 1 aromatic carbocycles. The quantitative estimate of drug-likeness (QED) is 0.0822. The molecule has 0 bridgehead atoms. The van der Waals surface area contributed by atoms with Gasteiger partial charge in [0.1, 0.15) is 5.75 Å². The van der Waals surface area contributed by atoms with Crippen molar-refractivity contribution in [2.24, 2.45) is 0 Å². The first-order chi connectivity index (χ1) is 18.4. The molecule has 0 spiro atoms. The van der Waals surface area contributed by atoms with Crippen LogP contribution in [-0.2, 0) is 25.9 Å². The van der Waals surface area contributed by atoms with Crippen LogP contribution in [0.15, 0.2) is 12.1 Å². The number of ether oxygens (including phenoxy) is 1. The number of aryl methyl sites for hydroxylation is 2. The van der Waals surface area contributed by atoms with Crippen LogP contribution in [-0.4, -0.2) is 22.4 Å². The molecule has 1 aromatic rings. The molecular weight excluding hydrogens is 511 g/mol. The lowest BCUT2D eigenvalue weighted by molar-refractivity contribution is -0.143. The molecule has 0 saturated carbocycles. The van der Waals surface area contributed by atoms with Gasteiger partial charge in [0.25, 0.3) is 0 Å². The predicted molar refractivity (Wildman–Crippen MR) is 161 cm³/mol. The van der Waals surface area contributed by atoms with Crippen LogP contribution < -0.4 is 4.52 Å². The van der Waals surface area contributed by atoms with E-state index in [1.165, 1.54) is 89.9 Å². The van der Waals surface area contributed by atoms with Gasteiger partial charge in [-0.15, -0.1) is 0 Å². The van der Waals surface area contributed by atoms with Gasteiger partial charge in [-0.25, -0.2) is 4.57 Å². The minimum atomic E-state index is -4.67. The summed E-state index contributed by atoms with van der Waals surface area (Å²) < 4.78 is 21.9. The molecule has 0 aliphatic carbocycles. The summed E-state index contributed by atoms with van der Waals surface area (Å²) in [5.74, 6) is 0.00660. The lowest BCUT2D eigenvalue weighted by Crippen LogP contribution is -2.15. The molecule has 7 heteroatoms. The Bertz CT molecular complexity index is 855. The number of unbranched alkanes of at least 4 members (excludes halogenated alkanes) is 15. The van der Waals surface area contributed by atoms with Crippen LogP contribution >= 0.6 is 7.82 Å². The standard InChI is InChI=1S/C32H57O6P/c1-6-7-8-9-10-11-12-13-14-15-16-17-18-19-20-21-24-37-30(33)23-22-28-25-27(2)31(38-39(34,35)36)29(26-28)32(3,4)5/h25-26H,6-24H2,1-5H3,(H2,34,35,36). The second-order valence-electron chi connectivity index (χ2n) is 12.1. The van der Waals surface area contributed by atoms with Crippen LogP contribution in [0.5, 0.6) is 5.75 Å². The van der Waals surface area contributed by atoms with Crippen LogP contribution in [0, 0.1) is 6.92 Å². The normalized spacial score (nSPS) is 12.1. The first kappa shape index (κ1) is 35.7. The van der Waals surface area contributed by atoms with Crippen molar-refractivity contribution < 1.29 is 28.4 Å². The third-order valence-corrected chi connectivity index (χ3v) is 7.65. The van der Waals surface area contributed by atoms with Crippen LogP contribution in [0.25, 0.3) is 0 Å². The number of benzene rings is 1. The summed E-state index contributed by atoms with van der Waals surface area (Å²) in [6.07, 6.45) is 21.8. The third kappa shape index (κ3) is 17.8. The van der Waals surface area contributed by atoms with E-state index in [4.69, 9.17) is 9.26 Å². The molecule has 0 aliphatic rings. The van der Waals surface area contributed by atoms with Crippen molar-refractivity contribution >= 4 is 13.8 Å². The number of phosphoric acid groups is 1. The molecule has 0 unspecified atom stereocenters. The second kappa shape index (κ2) is 19.7. The molecule has 0 aliphatic heterocycles. The Morgan fingerprint density at radius 1 is 0.795 bits per heavy atom. The Balaban J connectivity index is 2.15. The van der Waals surface area contributed by atoms with Gasteiger partial charge in [0.2, 0.25) is 0 Å². The van der Waals surface area contributed by atoms with Gasteiger partial charge < -0.3 is 9.26 Å². The Labute approximate surface area is 238 Å². The average Bonchev–Trinajstić information content (AvgIpc) is 2.84. The summed E-state index contributed by atoms with van der Waals surface area (Å²) in [7, 11) is -4.67. The zero-order valence-corrected chi connectivity index (χ0v) is 26.5.